The van der Waals surface area contributed by atoms with Gasteiger partial charge in [0.1, 0.15) is 0 Å². The van der Waals surface area contributed by atoms with Gasteiger partial charge >= 0.3 is 0 Å². The minimum Gasteiger partial charge on any atom is -0.375 e. The zero-order valence-corrected chi connectivity index (χ0v) is 13.6. The maximum absolute atomic E-state index is 12.9. The monoisotopic (exact) mass is 300 g/mol. The zero-order valence-electron chi connectivity index (χ0n) is 13.6. The number of ether oxygens (including phenoxy) is 1. The summed E-state index contributed by atoms with van der Waals surface area (Å²) in [7, 11) is 1.74. The van der Waals surface area contributed by atoms with Crippen LogP contribution in [0.1, 0.15) is 50.0 Å². The lowest BCUT2D eigenvalue weighted by Gasteiger charge is -2.31. The molecule has 3 rings (SSSR count). The molecule has 1 aromatic carbocycles. The van der Waals surface area contributed by atoms with Crippen molar-refractivity contribution in [3.63, 3.8) is 0 Å². The van der Waals surface area contributed by atoms with E-state index >= 15 is 0 Å². The van der Waals surface area contributed by atoms with Crippen molar-refractivity contribution in [2.75, 3.05) is 20.2 Å². The number of aromatic nitrogens is 1. The summed E-state index contributed by atoms with van der Waals surface area (Å²) in [5.41, 5.74) is 3.32. The number of hydrogen-bond acceptors (Lipinski definition) is 2. The van der Waals surface area contributed by atoms with Gasteiger partial charge in [-0.1, -0.05) is 18.2 Å². The first-order valence-corrected chi connectivity index (χ1v) is 8.13. The Morgan fingerprint density at radius 1 is 1.27 bits per heavy atom. The molecule has 2 unspecified atom stereocenters. The fraction of sp³-hybridized carbons (Fsp3) is 0.500. The first-order valence-electron chi connectivity index (χ1n) is 8.13. The molecule has 1 amide bonds. The number of H-pyrrole nitrogens is 1. The third-order valence-electron chi connectivity index (χ3n) is 4.82. The summed E-state index contributed by atoms with van der Waals surface area (Å²) in [5, 5.41) is 1.16. The molecule has 1 aromatic heterocycles. The standard InChI is InChI=1S/C18H24N2O2/c1-4-20(5-2)18(21)13-10-11-15(22-3)17-16(13)12-8-6-7-9-14(12)19-17/h6-9,13,15,19H,4-5,10-11H2,1-3H3. The van der Waals surface area contributed by atoms with Gasteiger partial charge in [0.2, 0.25) is 5.91 Å². The molecule has 0 aliphatic heterocycles. The van der Waals surface area contributed by atoms with Gasteiger partial charge in [-0.15, -0.1) is 0 Å². The lowest BCUT2D eigenvalue weighted by Crippen LogP contribution is -2.36. The Balaban J connectivity index is 2.11. The summed E-state index contributed by atoms with van der Waals surface area (Å²) in [6.07, 6.45) is 1.79. The number of benzene rings is 1. The van der Waals surface area contributed by atoms with Gasteiger partial charge in [0, 0.05) is 36.8 Å². The number of para-hydroxylation sites is 1. The van der Waals surface area contributed by atoms with E-state index in [0.29, 0.717) is 0 Å². The zero-order chi connectivity index (χ0) is 15.7. The normalized spacial score (nSPS) is 20.9. The Morgan fingerprint density at radius 3 is 2.68 bits per heavy atom. The Bertz CT molecular complexity index is 673. The molecule has 1 aliphatic carbocycles. The van der Waals surface area contributed by atoms with Crippen LogP contribution in [0.2, 0.25) is 0 Å². The second-order valence-electron chi connectivity index (χ2n) is 5.86. The number of amides is 1. The molecule has 0 bridgehead atoms. The molecular formula is C18H24N2O2. The van der Waals surface area contributed by atoms with E-state index in [1.807, 2.05) is 30.9 Å². The second-order valence-corrected chi connectivity index (χ2v) is 5.86. The smallest absolute Gasteiger partial charge is 0.230 e. The summed E-state index contributed by atoms with van der Waals surface area (Å²) < 4.78 is 5.63. The Labute approximate surface area is 131 Å². The number of rotatable bonds is 4. The van der Waals surface area contributed by atoms with Crippen LogP contribution in [0.4, 0.5) is 0 Å². The van der Waals surface area contributed by atoms with Crippen LogP contribution in [0.3, 0.4) is 0 Å². The van der Waals surface area contributed by atoms with Crippen molar-refractivity contribution in [3.8, 4) is 0 Å². The van der Waals surface area contributed by atoms with Gasteiger partial charge in [-0.05, 0) is 38.3 Å². The Hall–Kier alpha value is -1.81. The summed E-state index contributed by atoms with van der Waals surface area (Å²) in [6, 6.07) is 8.23. The number of methoxy groups -OCH3 is 1. The van der Waals surface area contributed by atoms with Crippen molar-refractivity contribution >= 4 is 16.8 Å². The van der Waals surface area contributed by atoms with E-state index < -0.39 is 0 Å². The molecule has 0 saturated carbocycles. The van der Waals surface area contributed by atoms with Gasteiger partial charge in [-0.25, -0.2) is 0 Å². The van der Waals surface area contributed by atoms with Crippen molar-refractivity contribution in [2.45, 2.75) is 38.7 Å². The van der Waals surface area contributed by atoms with E-state index in [2.05, 4.69) is 17.1 Å². The molecule has 0 saturated heterocycles. The second kappa shape index (κ2) is 6.13. The molecular weight excluding hydrogens is 276 g/mol. The lowest BCUT2D eigenvalue weighted by molar-refractivity contribution is -0.133. The molecule has 2 atom stereocenters. The molecule has 1 N–H and O–H groups in total. The number of nitrogens with zero attached hydrogens (tertiary/aromatic N) is 1. The number of carbonyl (C=O) groups is 1. The predicted molar refractivity (Wildman–Crippen MR) is 88.0 cm³/mol. The van der Waals surface area contributed by atoms with Crippen molar-refractivity contribution < 1.29 is 9.53 Å². The van der Waals surface area contributed by atoms with Crippen molar-refractivity contribution in [3.05, 3.63) is 35.5 Å². The highest BCUT2D eigenvalue weighted by Gasteiger charge is 2.36. The fourth-order valence-electron chi connectivity index (χ4n) is 3.66. The van der Waals surface area contributed by atoms with Gasteiger partial charge < -0.3 is 14.6 Å². The number of likely N-dealkylation sites (N-methyl/N-ethyl adjacent to an activating group) is 1. The van der Waals surface area contributed by atoms with E-state index in [4.69, 9.17) is 4.74 Å². The summed E-state index contributed by atoms with van der Waals surface area (Å²) in [4.78, 5) is 18.3. The molecule has 1 aliphatic rings. The average molecular weight is 300 g/mol. The first-order chi connectivity index (χ1) is 10.7. The maximum atomic E-state index is 12.9. The van der Waals surface area contributed by atoms with Gasteiger partial charge in [-0.2, -0.15) is 0 Å². The first kappa shape index (κ1) is 15.1. The Morgan fingerprint density at radius 2 is 2.00 bits per heavy atom. The van der Waals surface area contributed by atoms with Crippen LogP contribution >= 0.6 is 0 Å². The minimum atomic E-state index is -0.0579. The summed E-state index contributed by atoms with van der Waals surface area (Å²) >= 11 is 0. The van der Waals surface area contributed by atoms with Crippen LogP contribution in [0.5, 0.6) is 0 Å². The number of aromatic amines is 1. The predicted octanol–water partition coefficient (Wildman–Crippen LogP) is 3.60. The van der Waals surface area contributed by atoms with Gasteiger partial charge in [0.25, 0.3) is 0 Å². The van der Waals surface area contributed by atoms with E-state index in [1.165, 1.54) is 0 Å². The molecule has 0 spiro atoms. The highest BCUT2D eigenvalue weighted by atomic mass is 16.5. The highest BCUT2D eigenvalue weighted by molar-refractivity contribution is 5.93. The third-order valence-corrected chi connectivity index (χ3v) is 4.82. The quantitative estimate of drug-likeness (QED) is 0.937. The number of fused-ring (bicyclic) bond motifs is 3. The van der Waals surface area contributed by atoms with Crippen LogP contribution < -0.4 is 0 Å². The largest absolute Gasteiger partial charge is 0.375 e. The number of carbonyl (C=O) groups excluding carboxylic acids is 1. The SMILES string of the molecule is CCN(CC)C(=O)C1CCC(OC)c2[nH]c3ccccc3c21. The molecule has 4 nitrogen and oxygen atoms in total. The van der Waals surface area contributed by atoms with Gasteiger partial charge in [0.15, 0.2) is 0 Å². The lowest BCUT2D eigenvalue weighted by atomic mass is 9.82. The van der Waals surface area contributed by atoms with E-state index in [9.17, 15) is 4.79 Å². The molecule has 1 heterocycles. The fourth-order valence-corrected chi connectivity index (χ4v) is 3.66. The van der Waals surface area contributed by atoms with Crippen molar-refractivity contribution in [1.82, 2.24) is 9.88 Å². The Kier molecular flexibility index (Phi) is 4.21. The van der Waals surface area contributed by atoms with E-state index in [1.54, 1.807) is 7.11 Å². The molecule has 4 heteroatoms. The molecule has 22 heavy (non-hydrogen) atoms. The topological polar surface area (TPSA) is 45.3 Å². The molecule has 118 valence electrons. The summed E-state index contributed by atoms with van der Waals surface area (Å²) in [6.45, 7) is 5.60. The highest BCUT2D eigenvalue weighted by Crippen LogP contribution is 2.43. The average Bonchev–Trinajstić information content (AvgIpc) is 2.94. The van der Waals surface area contributed by atoms with Crippen molar-refractivity contribution in [2.24, 2.45) is 0 Å². The van der Waals surface area contributed by atoms with Crippen LogP contribution in [-0.2, 0) is 9.53 Å². The van der Waals surface area contributed by atoms with Crippen LogP contribution in [0.25, 0.3) is 10.9 Å². The van der Waals surface area contributed by atoms with E-state index in [-0.39, 0.29) is 17.9 Å². The van der Waals surface area contributed by atoms with Crippen LogP contribution in [0, 0.1) is 0 Å². The number of nitrogens with one attached hydrogen (secondary N) is 1. The van der Waals surface area contributed by atoms with Crippen LogP contribution in [0.15, 0.2) is 24.3 Å². The van der Waals surface area contributed by atoms with Gasteiger partial charge in [0.05, 0.1) is 12.0 Å². The minimum absolute atomic E-state index is 0.0579. The van der Waals surface area contributed by atoms with Crippen LogP contribution in [-0.4, -0.2) is 36.0 Å². The van der Waals surface area contributed by atoms with Crippen molar-refractivity contribution in [1.29, 1.82) is 0 Å². The molecule has 0 radical (unpaired) electrons. The maximum Gasteiger partial charge on any atom is 0.230 e. The third kappa shape index (κ3) is 2.31. The molecule has 2 aromatic rings. The molecule has 0 fully saturated rings. The van der Waals surface area contributed by atoms with Gasteiger partial charge in [-0.3, -0.25) is 4.79 Å². The summed E-state index contributed by atoms with van der Waals surface area (Å²) in [5.74, 6) is 0.183. The number of hydrogen-bond donors (Lipinski definition) is 1. The van der Waals surface area contributed by atoms with E-state index in [0.717, 1.165) is 48.1 Å².